The molecule has 146 valence electrons. The third-order valence-corrected chi connectivity index (χ3v) is 6.01. The number of carbonyl (C=O) groups excluding carboxylic acids is 2. The molecule has 0 aromatic carbocycles. The molecule has 0 aliphatic carbocycles. The van der Waals surface area contributed by atoms with Crippen LogP contribution in [0.2, 0.25) is 0 Å². The van der Waals surface area contributed by atoms with Crippen LogP contribution < -0.4 is 0 Å². The fourth-order valence-electron chi connectivity index (χ4n) is 2.91. The molecular formula is C17H32N2O5S. The molecule has 1 rings (SSSR count). The summed E-state index contributed by atoms with van der Waals surface area (Å²) in [7, 11) is -3.21. The van der Waals surface area contributed by atoms with Crippen molar-refractivity contribution in [2.24, 2.45) is 0 Å². The molecule has 1 aliphatic rings. The highest BCUT2D eigenvalue weighted by atomic mass is 32.2. The Balaban J connectivity index is 2.78. The van der Waals surface area contributed by atoms with Crippen molar-refractivity contribution in [1.29, 1.82) is 0 Å². The van der Waals surface area contributed by atoms with Crippen LogP contribution >= 0.6 is 0 Å². The van der Waals surface area contributed by atoms with Crippen molar-refractivity contribution in [2.45, 2.75) is 71.9 Å². The van der Waals surface area contributed by atoms with E-state index >= 15 is 0 Å². The molecule has 1 fully saturated rings. The molecule has 0 bridgehead atoms. The van der Waals surface area contributed by atoms with Gasteiger partial charge in [-0.2, -0.15) is 0 Å². The second kappa shape index (κ2) is 8.98. The van der Waals surface area contributed by atoms with E-state index in [2.05, 4.69) is 0 Å². The van der Waals surface area contributed by atoms with E-state index in [-0.39, 0.29) is 24.2 Å². The van der Waals surface area contributed by atoms with Crippen molar-refractivity contribution < 1.29 is 22.7 Å². The van der Waals surface area contributed by atoms with Crippen LogP contribution in [-0.2, 0) is 24.3 Å². The van der Waals surface area contributed by atoms with Gasteiger partial charge < -0.3 is 9.64 Å². The molecule has 7 nitrogen and oxygen atoms in total. The molecule has 0 aromatic heterocycles. The monoisotopic (exact) mass is 376 g/mol. The van der Waals surface area contributed by atoms with Crippen LogP contribution in [-0.4, -0.2) is 66.5 Å². The van der Waals surface area contributed by atoms with E-state index in [1.54, 1.807) is 32.6 Å². The summed E-state index contributed by atoms with van der Waals surface area (Å²) in [6, 6.07) is -0.130. The highest BCUT2D eigenvalue weighted by Crippen LogP contribution is 2.21. The Bertz CT molecular complexity index is 560. The molecule has 0 unspecified atom stereocenters. The molecule has 1 saturated heterocycles. The van der Waals surface area contributed by atoms with Crippen LogP contribution in [0.4, 0.5) is 0 Å². The van der Waals surface area contributed by atoms with Crippen molar-refractivity contribution >= 4 is 21.9 Å². The fourth-order valence-corrected chi connectivity index (χ4v) is 4.04. The highest BCUT2D eigenvalue weighted by molar-refractivity contribution is 7.89. The first-order valence-electron chi connectivity index (χ1n) is 8.99. The third-order valence-electron chi connectivity index (χ3n) is 4.13. The number of sulfonamides is 1. The zero-order valence-electron chi connectivity index (χ0n) is 16.1. The summed E-state index contributed by atoms with van der Waals surface area (Å²) in [6.07, 6.45) is 2.15. The predicted molar refractivity (Wildman–Crippen MR) is 96.5 cm³/mol. The lowest BCUT2D eigenvalue weighted by atomic mass is 10.0. The number of esters is 1. The molecule has 0 aromatic rings. The minimum absolute atomic E-state index is 0.0774. The topological polar surface area (TPSA) is 84.0 Å². The lowest BCUT2D eigenvalue weighted by Crippen LogP contribution is -2.51. The molecule has 0 radical (unpaired) electrons. The molecule has 0 N–H and O–H groups in total. The van der Waals surface area contributed by atoms with Gasteiger partial charge in [-0.3, -0.25) is 9.59 Å². The summed E-state index contributed by atoms with van der Waals surface area (Å²) in [5, 5.41) is 0. The number of amides is 1. The van der Waals surface area contributed by atoms with Gasteiger partial charge in [-0.15, -0.1) is 0 Å². The predicted octanol–water partition coefficient (Wildman–Crippen LogP) is 1.77. The number of piperidine rings is 1. The fraction of sp³-hybridized carbons (Fsp3) is 0.882. The maximum atomic E-state index is 12.5. The van der Waals surface area contributed by atoms with E-state index < -0.39 is 21.6 Å². The average Bonchev–Trinajstić information content (AvgIpc) is 2.51. The maximum absolute atomic E-state index is 12.5. The summed E-state index contributed by atoms with van der Waals surface area (Å²) in [6.45, 7) is 9.59. The lowest BCUT2D eigenvalue weighted by molar-refractivity contribution is -0.160. The Labute approximate surface area is 151 Å². The van der Waals surface area contributed by atoms with Crippen LogP contribution in [0.15, 0.2) is 0 Å². The first-order valence-corrected chi connectivity index (χ1v) is 10.6. The van der Waals surface area contributed by atoms with Gasteiger partial charge >= 0.3 is 5.97 Å². The summed E-state index contributed by atoms with van der Waals surface area (Å²) < 4.78 is 30.8. The number of carbonyl (C=O) groups is 2. The summed E-state index contributed by atoms with van der Waals surface area (Å²) >= 11 is 0. The van der Waals surface area contributed by atoms with E-state index in [9.17, 15) is 18.0 Å². The van der Waals surface area contributed by atoms with Gasteiger partial charge in [0.05, 0.1) is 5.75 Å². The van der Waals surface area contributed by atoms with Crippen molar-refractivity contribution in [3.05, 3.63) is 0 Å². The Morgan fingerprint density at radius 3 is 2.16 bits per heavy atom. The second-order valence-electron chi connectivity index (χ2n) is 7.39. The molecule has 1 aliphatic heterocycles. The Hall–Kier alpha value is -1.15. The Morgan fingerprint density at radius 1 is 1.16 bits per heavy atom. The molecule has 0 saturated carbocycles. The van der Waals surface area contributed by atoms with Gasteiger partial charge in [-0.1, -0.05) is 6.92 Å². The number of nitrogens with zero attached hydrogens (tertiary/aromatic N) is 2. The Morgan fingerprint density at radius 2 is 1.72 bits per heavy atom. The van der Waals surface area contributed by atoms with Crippen LogP contribution in [0.1, 0.15) is 60.3 Å². The normalized spacial score (nSPS) is 17.3. The SMILES string of the molecule is CCCC(=O)N(CC(=O)OC(C)(C)C)C1CCN(S(=O)(=O)CC)CC1. The van der Waals surface area contributed by atoms with Gasteiger partial charge in [0.2, 0.25) is 15.9 Å². The van der Waals surface area contributed by atoms with Gasteiger partial charge in [-0.25, -0.2) is 12.7 Å². The smallest absolute Gasteiger partial charge is 0.326 e. The Kier molecular flexibility index (Phi) is 7.87. The molecule has 0 spiro atoms. The van der Waals surface area contributed by atoms with E-state index in [1.165, 1.54) is 4.31 Å². The minimum atomic E-state index is -3.21. The van der Waals surface area contributed by atoms with Gasteiger partial charge in [0.25, 0.3) is 0 Å². The first-order chi connectivity index (χ1) is 11.5. The summed E-state index contributed by atoms with van der Waals surface area (Å²) in [5.74, 6) is -0.431. The highest BCUT2D eigenvalue weighted by Gasteiger charge is 2.33. The van der Waals surface area contributed by atoms with Crippen LogP contribution in [0, 0.1) is 0 Å². The quantitative estimate of drug-likeness (QED) is 0.632. The van der Waals surface area contributed by atoms with Crippen molar-refractivity contribution in [3.8, 4) is 0 Å². The van der Waals surface area contributed by atoms with E-state index in [1.807, 2.05) is 6.92 Å². The maximum Gasteiger partial charge on any atom is 0.326 e. The standard InChI is InChI=1S/C17H32N2O5S/c1-6-8-15(20)19(13-16(21)24-17(3,4)5)14-9-11-18(12-10-14)25(22,23)7-2/h14H,6-13H2,1-5H3. The average molecular weight is 377 g/mol. The second-order valence-corrected chi connectivity index (χ2v) is 9.65. The molecule has 0 atom stereocenters. The third kappa shape index (κ3) is 6.93. The van der Waals surface area contributed by atoms with Crippen LogP contribution in [0.5, 0.6) is 0 Å². The lowest BCUT2D eigenvalue weighted by Gasteiger charge is -2.38. The number of ether oxygens (including phenoxy) is 1. The van der Waals surface area contributed by atoms with Crippen molar-refractivity contribution in [3.63, 3.8) is 0 Å². The van der Waals surface area contributed by atoms with Crippen LogP contribution in [0.25, 0.3) is 0 Å². The zero-order chi connectivity index (χ0) is 19.3. The number of hydrogen-bond acceptors (Lipinski definition) is 5. The number of rotatable bonds is 7. The molecule has 8 heteroatoms. The van der Waals surface area contributed by atoms with Gasteiger partial charge in [-0.05, 0) is 47.0 Å². The minimum Gasteiger partial charge on any atom is -0.459 e. The van der Waals surface area contributed by atoms with Gasteiger partial charge in [0, 0.05) is 25.6 Å². The number of hydrogen-bond donors (Lipinski definition) is 0. The molecule has 1 heterocycles. The van der Waals surface area contributed by atoms with Gasteiger partial charge in [0.15, 0.2) is 0 Å². The molecule has 25 heavy (non-hydrogen) atoms. The molecule has 1 amide bonds. The van der Waals surface area contributed by atoms with Gasteiger partial charge in [0.1, 0.15) is 12.1 Å². The van der Waals surface area contributed by atoms with E-state index in [0.29, 0.717) is 38.8 Å². The summed E-state index contributed by atoms with van der Waals surface area (Å²) in [4.78, 5) is 26.2. The first kappa shape index (κ1) is 21.9. The van der Waals surface area contributed by atoms with E-state index in [0.717, 1.165) is 0 Å². The van der Waals surface area contributed by atoms with Crippen molar-refractivity contribution in [2.75, 3.05) is 25.4 Å². The van der Waals surface area contributed by atoms with Crippen LogP contribution in [0.3, 0.4) is 0 Å². The van der Waals surface area contributed by atoms with E-state index in [4.69, 9.17) is 4.74 Å². The summed E-state index contributed by atoms with van der Waals surface area (Å²) in [5.41, 5.74) is -0.602. The zero-order valence-corrected chi connectivity index (χ0v) is 16.9. The molecular weight excluding hydrogens is 344 g/mol. The largest absolute Gasteiger partial charge is 0.459 e. The van der Waals surface area contributed by atoms with Crippen molar-refractivity contribution in [1.82, 2.24) is 9.21 Å².